The lowest BCUT2D eigenvalue weighted by Gasteiger charge is -2.18. The van der Waals surface area contributed by atoms with Gasteiger partial charge in [0.15, 0.2) is 0 Å². The summed E-state index contributed by atoms with van der Waals surface area (Å²) < 4.78 is 4.63. The van der Waals surface area contributed by atoms with Gasteiger partial charge >= 0.3 is 0 Å². The van der Waals surface area contributed by atoms with Crippen LogP contribution in [-0.2, 0) is 0 Å². The average Bonchev–Trinajstić information content (AvgIpc) is 3.64. The zero-order valence-electron chi connectivity index (χ0n) is 24.9. The van der Waals surface area contributed by atoms with Gasteiger partial charge in [-0.1, -0.05) is 121 Å². The summed E-state index contributed by atoms with van der Waals surface area (Å²) in [6.07, 6.45) is 0. The zero-order valence-corrected chi connectivity index (χ0v) is 24.9. The fourth-order valence-electron chi connectivity index (χ4n) is 7.22. The molecular formula is C43H27N3. The number of benzene rings is 7. The van der Waals surface area contributed by atoms with Gasteiger partial charge in [-0.25, -0.2) is 0 Å². The van der Waals surface area contributed by atoms with Gasteiger partial charge in [0, 0.05) is 32.8 Å². The predicted octanol–water partition coefficient (Wildman–Crippen LogP) is 11.1. The van der Waals surface area contributed by atoms with Gasteiger partial charge in [-0.05, 0) is 59.2 Å². The number of hydrogen-bond donors (Lipinski definition) is 0. The molecule has 0 saturated heterocycles. The van der Waals surface area contributed by atoms with Crippen molar-refractivity contribution >= 4 is 43.6 Å². The van der Waals surface area contributed by atoms with Gasteiger partial charge < -0.3 is 9.13 Å². The summed E-state index contributed by atoms with van der Waals surface area (Å²) in [5.74, 6) is 0. The minimum atomic E-state index is 0.637. The summed E-state index contributed by atoms with van der Waals surface area (Å²) in [6.45, 7) is 0. The van der Waals surface area contributed by atoms with Gasteiger partial charge in [0.05, 0.1) is 33.3 Å². The topological polar surface area (TPSA) is 33.6 Å². The lowest BCUT2D eigenvalue weighted by atomic mass is 9.91. The Morgan fingerprint density at radius 3 is 1.57 bits per heavy atom. The molecular weight excluding hydrogens is 558 g/mol. The van der Waals surface area contributed by atoms with Crippen molar-refractivity contribution < 1.29 is 0 Å². The summed E-state index contributed by atoms with van der Waals surface area (Å²) in [7, 11) is 0. The van der Waals surface area contributed by atoms with Gasteiger partial charge in [-0.3, -0.25) is 0 Å². The van der Waals surface area contributed by atoms with Crippen molar-refractivity contribution in [1.29, 1.82) is 5.26 Å². The first-order valence-corrected chi connectivity index (χ1v) is 15.5. The fraction of sp³-hybridized carbons (Fsp3) is 0. The average molecular weight is 586 g/mol. The summed E-state index contributed by atoms with van der Waals surface area (Å²) >= 11 is 0. The molecule has 2 heterocycles. The largest absolute Gasteiger partial charge is 0.309 e. The third-order valence-electron chi connectivity index (χ3n) is 9.18. The van der Waals surface area contributed by atoms with Crippen LogP contribution in [0.15, 0.2) is 164 Å². The lowest BCUT2D eigenvalue weighted by molar-refractivity contribution is 1.17. The number of nitriles is 1. The molecule has 3 heteroatoms. The Balaban J connectivity index is 1.33. The molecule has 0 amide bonds. The van der Waals surface area contributed by atoms with Gasteiger partial charge in [-0.15, -0.1) is 0 Å². The minimum absolute atomic E-state index is 0.637. The van der Waals surface area contributed by atoms with Crippen LogP contribution in [0.5, 0.6) is 0 Å². The normalized spacial score (nSPS) is 11.5. The van der Waals surface area contributed by atoms with E-state index in [-0.39, 0.29) is 0 Å². The molecule has 3 nitrogen and oxygen atoms in total. The van der Waals surface area contributed by atoms with Crippen LogP contribution in [-0.4, -0.2) is 9.13 Å². The Hall–Kier alpha value is -6.37. The standard InChI is InChI=1S/C43H27N3/c44-28-30-13-12-21-38(43(30)46-40-23-10-7-18-34(40)35-19-8-11-24-41(35)46)33-17-5-4-16-32(33)29-25-26-37-36-20-6-9-22-39(36)45(42(37)27-29)31-14-2-1-3-15-31/h1-27H. The van der Waals surface area contributed by atoms with Crippen molar-refractivity contribution in [2.75, 3.05) is 0 Å². The number of aromatic nitrogens is 2. The number of rotatable bonds is 4. The molecule has 0 unspecified atom stereocenters. The highest BCUT2D eigenvalue weighted by molar-refractivity contribution is 6.12. The highest BCUT2D eigenvalue weighted by atomic mass is 15.0. The SMILES string of the molecule is N#Cc1cccc(-c2ccccc2-c2ccc3c4ccccc4n(-c4ccccc4)c3c2)c1-n1c2ccccc2c2ccccc21. The van der Waals surface area contributed by atoms with Gasteiger partial charge in [-0.2, -0.15) is 5.26 Å². The maximum atomic E-state index is 10.5. The molecule has 0 saturated carbocycles. The van der Waals surface area contributed by atoms with E-state index in [2.05, 4.69) is 167 Å². The Morgan fingerprint density at radius 1 is 0.391 bits per heavy atom. The summed E-state index contributed by atoms with van der Waals surface area (Å²) in [5, 5.41) is 15.3. The Labute approximate surface area is 266 Å². The second kappa shape index (κ2) is 10.4. The molecule has 7 aromatic carbocycles. The first-order valence-electron chi connectivity index (χ1n) is 15.5. The van der Waals surface area contributed by atoms with E-state index in [1.54, 1.807) is 0 Å². The van der Waals surface area contributed by atoms with Crippen molar-refractivity contribution in [3.8, 4) is 39.7 Å². The highest BCUT2D eigenvalue weighted by Crippen LogP contribution is 2.42. The minimum Gasteiger partial charge on any atom is -0.309 e. The van der Waals surface area contributed by atoms with Crippen molar-refractivity contribution in [2.24, 2.45) is 0 Å². The molecule has 0 radical (unpaired) electrons. The molecule has 0 fully saturated rings. The number of hydrogen-bond acceptors (Lipinski definition) is 1. The predicted molar refractivity (Wildman–Crippen MR) is 191 cm³/mol. The fourth-order valence-corrected chi connectivity index (χ4v) is 7.22. The maximum Gasteiger partial charge on any atom is 0.101 e. The van der Waals surface area contributed by atoms with E-state index in [9.17, 15) is 5.26 Å². The number of nitrogens with zero attached hydrogens (tertiary/aromatic N) is 3. The van der Waals surface area contributed by atoms with E-state index in [0.717, 1.165) is 50.2 Å². The van der Waals surface area contributed by atoms with E-state index < -0.39 is 0 Å². The highest BCUT2D eigenvalue weighted by Gasteiger charge is 2.21. The Kier molecular flexibility index (Phi) is 5.88. The third kappa shape index (κ3) is 3.84. The van der Waals surface area contributed by atoms with E-state index in [4.69, 9.17) is 0 Å². The maximum absolute atomic E-state index is 10.5. The van der Waals surface area contributed by atoms with E-state index in [1.807, 2.05) is 12.1 Å². The molecule has 0 bridgehead atoms. The molecule has 0 aliphatic rings. The second-order valence-electron chi connectivity index (χ2n) is 11.6. The van der Waals surface area contributed by atoms with Gasteiger partial charge in [0.1, 0.15) is 6.07 Å². The van der Waals surface area contributed by atoms with Crippen LogP contribution in [0, 0.1) is 11.3 Å². The van der Waals surface area contributed by atoms with Crippen molar-refractivity contribution in [2.45, 2.75) is 0 Å². The van der Waals surface area contributed by atoms with E-state index in [1.165, 1.54) is 27.1 Å². The van der Waals surface area contributed by atoms with Crippen LogP contribution in [0.4, 0.5) is 0 Å². The van der Waals surface area contributed by atoms with E-state index in [0.29, 0.717) is 5.56 Å². The van der Waals surface area contributed by atoms with Crippen molar-refractivity contribution in [3.63, 3.8) is 0 Å². The zero-order chi connectivity index (χ0) is 30.6. The Bertz CT molecular complexity index is 2600. The molecule has 46 heavy (non-hydrogen) atoms. The molecule has 2 aromatic heterocycles. The van der Waals surface area contributed by atoms with Gasteiger partial charge in [0.25, 0.3) is 0 Å². The van der Waals surface area contributed by atoms with Crippen LogP contribution in [0.2, 0.25) is 0 Å². The molecule has 0 aliphatic carbocycles. The number of fused-ring (bicyclic) bond motifs is 6. The Morgan fingerprint density at radius 2 is 0.913 bits per heavy atom. The third-order valence-corrected chi connectivity index (χ3v) is 9.18. The molecule has 0 atom stereocenters. The molecule has 0 N–H and O–H groups in total. The summed E-state index contributed by atoms with van der Waals surface area (Å²) in [4.78, 5) is 0. The van der Waals surface area contributed by atoms with E-state index >= 15 is 0 Å². The summed E-state index contributed by atoms with van der Waals surface area (Å²) in [5.41, 5.74) is 11.5. The van der Waals surface area contributed by atoms with Crippen LogP contribution in [0.3, 0.4) is 0 Å². The molecule has 9 rings (SSSR count). The monoisotopic (exact) mass is 585 g/mol. The second-order valence-corrected chi connectivity index (χ2v) is 11.6. The summed E-state index contributed by atoms with van der Waals surface area (Å²) in [6, 6.07) is 60.1. The lowest BCUT2D eigenvalue weighted by Crippen LogP contribution is -2.01. The first kappa shape index (κ1) is 26.1. The molecule has 0 spiro atoms. The van der Waals surface area contributed by atoms with Gasteiger partial charge in [0.2, 0.25) is 0 Å². The molecule has 9 aromatic rings. The van der Waals surface area contributed by atoms with Crippen LogP contribution < -0.4 is 0 Å². The molecule has 214 valence electrons. The smallest absolute Gasteiger partial charge is 0.101 e. The van der Waals surface area contributed by atoms with Crippen LogP contribution >= 0.6 is 0 Å². The number of para-hydroxylation sites is 5. The first-order chi connectivity index (χ1) is 22.8. The van der Waals surface area contributed by atoms with Crippen molar-refractivity contribution in [1.82, 2.24) is 9.13 Å². The molecule has 0 aliphatic heterocycles. The quantitative estimate of drug-likeness (QED) is 0.202. The van der Waals surface area contributed by atoms with Crippen LogP contribution in [0.1, 0.15) is 5.56 Å². The van der Waals surface area contributed by atoms with Crippen molar-refractivity contribution in [3.05, 3.63) is 169 Å². The van der Waals surface area contributed by atoms with Crippen LogP contribution in [0.25, 0.3) is 77.2 Å².